The molecule has 0 aliphatic heterocycles. The molecule has 12 heteroatoms. The molecule has 0 saturated carbocycles. The summed E-state index contributed by atoms with van der Waals surface area (Å²) in [6, 6.07) is 3.30. The zero-order valence-electron chi connectivity index (χ0n) is 14.9. The van der Waals surface area contributed by atoms with E-state index in [9.17, 15) is 18.3 Å². The quantitative estimate of drug-likeness (QED) is 0.453. The van der Waals surface area contributed by atoms with Crippen molar-refractivity contribution < 1.29 is 23.0 Å². The van der Waals surface area contributed by atoms with Crippen LogP contribution in [-0.4, -0.2) is 48.8 Å². The van der Waals surface area contributed by atoms with E-state index in [0.717, 1.165) is 0 Å². The van der Waals surface area contributed by atoms with Gasteiger partial charge in [-0.05, 0) is 12.1 Å². The number of hydrogen-bond acceptors (Lipinski definition) is 5. The molecule has 0 bridgehead atoms. The molecule has 4 rings (SSSR count). The smallest absolute Gasteiger partial charge is 0.451 e. The topological polar surface area (TPSA) is 105 Å². The number of H-pyrrole nitrogens is 2. The molecule has 0 atom stereocenters. The van der Waals surface area contributed by atoms with E-state index < -0.39 is 12.0 Å². The fourth-order valence-electron chi connectivity index (χ4n) is 3.24. The summed E-state index contributed by atoms with van der Waals surface area (Å²) in [6.45, 7) is -0.177. The number of nitrogens with zero attached hydrogens (tertiary/aromatic N) is 4. The van der Waals surface area contributed by atoms with E-state index in [1.807, 2.05) is 5.10 Å². The number of aromatic amines is 2. The summed E-state index contributed by atoms with van der Waals surface area (Å²) >= 11 is 6.27. The van der Waals surface area contributed by atoms with Crippen molar-refractivity contribution in [2.24, 2.45) is 0 Å². The van der Waals surface area contributed by atoms with Gasteiger partial charge in [-0.1, -0.05) is 11.6 Å². The van der Waals surface area contributed by atoms with Crippen LogP contribution < -0.4 is 4.74 Å². The van der Waals surface area contributed by atoms with Gasteiger partial charge in [-0.2, -0.15) is 23.4 Å². The van der Waals surface area contributed by atoms with Crippen LogP contribution in [0.5, 0.6) is 5.75 Å². The highest BCUT2D eigenvalue weighted by Gasteiger charge is 2.36. The Bertz CT molecular complexity index is 1170. The van der Waals surface area contributed by atoms with Crippen molar-refractivity contribution in [3.63, 3.8) is 0 Å². The molecule has 0 spiro atoms. The number of ether oxygens (including phenoxy) is 1. The Morgan fingerprint density at radius 1 is 1.31 bits per heavy atom. The van der Waals surface area contributed by atoms with Crippen LogP contribution in [0.2, 0.25) is 5.02 Å². The first kappa shape index (κ1) is 19.3. The van der Waals surface area contributed by atoms with Crippen LogP contribution in [-0.2, 0) is 12.7 Å². The monoisotopic (exact) mass is 426 g/mol. The summed E-state index contributed by atoms with van der Waals surface area (Å²) < 4.78 is 46.1. The second kappa shape index (κ2) is 7.08. The molecule has 0 amide bonds. The molecule has 4 aromatic rings. The molecule has 29 heavy (non-hydrogen) atoms. The number of alkyl halides is 3. The van der Waals surface area contributed by atoms with Gasteiger partial charge < -0.3 is 14.4 Å². The molecule has 0 fully saturated rings. The van der Waals surface area contributed by atoms with E-state index in [1.165, 1.54) is 13.3 Å². The van der Waals surface area contributed by atoms with Crippen molar-refractivity contribution in [3.05, 3.63) is 35.4 Å². The van der Waals surface area contributed by atoms with Crippen molar-refractivity contribution in [1.29, 1.82) is 0 Å². The minimum absolute atomic E-state index is 0.0855. The first-order valence-corrected chi connectivity index (χ1v) is 8.72. The summed E-state index contributed by atoms with van der Waals surface area (Å²) in [7, 11) is 1.46. The Kier molecular flexibility index (Phi) is 4.71. The number of aliphatic hydroxyl groups excluding tert-OH is 1. The van der Waals surface area contributed by atoms with Crippen molar-refractivity contribution in [3.8, 4) is 28.4 Å². The highest BCUT2D eigenvalue weighted by molar-refractivity contribution is 6.33. The number of benzene rings is 1. The van der Waals surface area contributed by atoms with Crippen LogP contribution in [0, 0.1) is 0 Å². The van der Waals surface area contributed by atoms with Gasteiger partial charge in [0.1, 0.15) is 5.75 Å². The van der Waals surface area contributed by atoms with Crippen LogP contribution in [0.3, 0.4) is 0 Å². The van der Waals surface area contributed by atoms with E-state index in [2.05, 4.69) is 20.3 Å². The SMILES string of the molecule is COc1cc2c(-c3cn[nH]c3)c(-c3n[nH]c(C(F)(F)F)n3)n(CCO)c2cc1Cl. The molecular formula is C17H14ClF3N6O2. The van der Waals surface area contributed by atoms with Crippen LogP contribution >= 0.6 is 11.6 Å². The maximum Gasteiger partial charge on any atom is 0.451 e. The van der Waals surface area contributed by atoms with Gasteiger partial charge >= 0.3 is 6.18 Å². The van der Waals surface area contributed by atoms with Gasteiger partial charge in [0.05, 0.1) is 36.1 Å². The Morgan fingerprint density at radius 3 is 2.69 bits per heavy atom. The number of rotatable bonds is 5. The zero-order valence-corrected chi connectivity index (χ0v) is 15.6. The van der Waals surface area contributed by atoms with Gasteiger partial charge in [-0.3, -0.25) is 10.2 Å². The molecule has 0 unspecified atom stereocenters. The molecule has 3 aromatic heterocycles. The highest BCUT2D eigenvalue weighted by Crippen LogP contribution is 2.43. The highest BCUT2D eigenvalue weighted by atomic mass is 35.5. The van der Waals surface area contributed by atoms with E-state index in [4.69, 9.17) is 16.3 Å². The van der Waals surface area contributed by atoms with Crippen molar-refractivity contribution in [2.45, 2.75) is 12.7 Å². The Morgan fingerprint density at radius 2 is 2.10 bits per heavy atom. The second-order valence-corrected chi connectivity index (χ2v) is 6.50. The average Bonchev–Trinajstić information content (AvgIpc) is 3.39. The third kappa shape index (κ3) is 3.21. The maximum absolute atomic E-state index is 13.1. The van der Waals surface area contributed by atoms with Crippen LogP contribution in [0.4, 0.5) is 13.2 Å². The van der Waals surface area contributed by atoms with Gasteiger partial charge in [-0.25, -0.2) is 4.98 Å². The number of hydrogen-bond donors (Lipinski definition) is 3. The van der Waals surface area contributed by atoms with E-state index in [-0.39, 0.29) is 24.7 Å². The predicted molar refractivity (Wildman–Crippen MR) is 98.5 cm³/mol. The molecule has 152 valence electrons. The van der Waals surface area contributed by atoms with Crippen LogP contribution in [0.1, 0.15) is 5.82 Å². The summed E-state index contributed by atoms with van der Waals surface area (Å²) in [5.41, 5.74) is 2.00. The molecule has 3 heterocycles. The normalized spacial score (nSPS) is 12.1. The maximum atomic E-state index is 13.1. The lowest BCUT2D eigenvalue weighted by Gasteiger charge is -2.08. The molecule has 3 N–H and O–H groups in total. The standard InChI is InChI=1S/C17H14ClF3N6O2/c1-29-12-4-9-11(5-10(12)18)27(2-3-28)14(13(9)8-6-22-23-7-8)15-24-16(26-25-15)17(19,20)21/h4-7,28H,2-3H2,1H3,(H,22,23)(H,24,25,26). The molecule has 0 saturated heterocycles. The second-order valence-electron chi connectivity index (χ2n) is 6.10. The average molecular weight is 427 g/mol. The van der Waals surface area contributed by atoms with E-state index in [0.29, 0.717) is 32.8 Å². The summed E-state index contributed by atoms with van der Waals surface area (Å²) in [5, 5.41) is 22.8. The van der Waals surface area contributed by atoms with Gasteiger partial charge in [-0.15, -0.1) is 0 Å². The van der Waals surface area contributed by atoms with Gasteiger partial charge in [0.15, 0.2) is 5.82 Å². The fourth-order valence-corrected chi connectivity index (χ4v) is 3.48. The first-order valence-electron chi connectivity index (χ1n) is 8.34. The molecule has 8 nitrogen and oxygen atoms in total. The lowest BCUT2D eigenvalue weighted by Crippen LogP contribution is -2.08. The molecule has 0 radical (unpaired) electrons. The molecular weight excluding hydrogens is 413 g/mol. The van der Waals surface area contributed by atoms with Crippen molar-refractivity contribution >= 4 is 22.5 Å². The van der Waals surface area contributed by atoms with Crippen molar-refractivity contribution in [2.75, 3.05) is 13.7 Å². The van der Waals surface area contributed by atoms with E-state index in [1.54, 1.807) is 22.9 Å². The third-order valence-electron chi connectivity index (χ3n) is 4.41. The van der Waals surface area contributed by atoms with Gasteiger partial charge in [0, 0.05) is 29.3 Å². The number of methoxy groups -OCH3 is 1. The zero-order chi connectivity index (χ0) is 20.8. The third-order valence-corrected chi connectivity index (χ3v) is 4.71. The Labute approximate surface area is 166 Å². The molecule has 0 aliphatic rings. The number of aromatic nitrogens is 6. The minimum Gasteiger partial charge on any atom is -0.495 e. The van der Waals surface area contributed by atoms with E-state index >= 15 is 0 Å². The minimum atomic E-state index is -4.68. The first-order chi connectivity index (χ1) is 13.8. The predicted octanol–water partition coefficient (Wildman–Crippen LogP) is 3.49. The largest absolute Gasteiger partial charge is 0.495 e. The van der Waals surface area contributed by atoms with Crippen molar-refractivity contribution in [1.82, 2.24) is 29.9 Å². The van der Waals surface area contributed by atoms with Gasteiger partial charge in [0.2, 0.25) is 5.82 Å². The number of halogens is 4. The lowest BCUT2D eigenvalue weighted by molar-refractivity contribution is -0.144. The molecule has 0 aliphatic carbocycles. The summed E-state index contributed by atoms with van der Waals surface area (Å²) in [6.07, 6.45) is -1.55. The fraction of sp³-hybridized carbons (Fsp3) is 0.235. The number of fused-ring (bicyclic) bond motifs is 1. The Hall–Kier alpha value is -3.05. The summed E-state index contributed by atoms with van der Waals surface area (Å²) in [4.78, 5) is 3.64. The van der Waals surface area contributed by atoms with Crippen LogP contribution in [0.15, 0.2) is 24.5 Å². The molecule has 1 aromatic carbocycles. The summed E-state index contributed by atoms with van der Waals surface area (Å²) in [5.74, 6) is -1.00. The lowest BCUT2D eigenvalue weighted by atomic mass is 10.0. The van der Waals surface area contributed by atoms with Gasteiger partial charge in [0.25, 0.3) is 0 Å². The number of aliphatic hydroxyl groups is 1. The number of nitrogens with one attached hydrogen (secondary N) is 2. The Balaban J connectivity index is 2.10. The van der Waals surface area contributed by atoms with Crippen LogP contribution in [0.25, 0.3) is 33.5 Å².